The van der Waals surface area contributed by atoms with E-state index in [0.717, 1.165) is 19.5 Å². The van der Waals surface area contributed by atoms with Crippen LogP contribution < -0.4 is 10.0 Å². The van der Waals surface area contributed by atoms with E-state index in [1.165, 1.54) is 0 Å². The van der Waals surface area contributed by atoms with Gasteiger partial charge in [-0.1, -0.05) is 0 Å². The third-order valence-electron chi connectivity index (χ3n) is 1.39. The van der Waals surface area contributed by atoms with Crippen molar-refractivity contribution in [3.05, 3.63) is 0 Å². The van der Waals surface area contributed by atoms with Crippen molar-refractivity contribution in [2.75, 3.05) is 19.3 Å². The Hall–Kier alpha value is 0.0700. The Balaban J connectivity index is 2.19. The molecule has 1 fully saturated rings. The van der Waals surface area contributed by atoms with Crippen molar-refractivity contribution >= 4 is 11.0 Å². The molecule has 1 rings (SSSR count). The quantitative estimate of drug-likeness (QED) is 0.540. The third kappa shape index (κ3) is 2.43. The molecule has 0 aliphatic carbocycles. The van der Waals surface area contributed by atoms with Crippen molar-refractivity contribution < 1.29 is 4.21 Å². The maximum absolute atomic E-state index is 10.6. The molecule has 0 spiro atoms. The minimum Gasteiger partial charge on any atom is -0.315 e. The van der Waals surface area contributed by atoms with Crippen molar-refractivity contribution in [1.82, 2.24) is 10.0 Å². The van der Waals surface area contributed by atoms with Crippen LogP contribution in [0.25, 0.3) is 0 Å². The second-order valence-electron chi connectivity index (χ2n) is 2.26. The molecule has 2 unspecified atom stereocenters. The topological polar surface area (TPSA) is 41.1 Å². The van der Waals surface area contributed by atoms with Gasteiger partial charge in [-0.05, 0) is 13.0 Å². The molecular weight excluding hydrogens is 136 g/mol. The highest BCUT2D eigenvalue weighted by Crippen LogP contribution is 1.96. The van der Waals surface area contributed by atoms with Crippen LogP contribution in [0.15, 0.2) is 0 Å². The number of hydrogen-bond donors (Lipinski definition) is 2. The smallest absolute Gasteiger partial charge is 0.0886 e. The molecule has 1 saturated heterocycles. The normalized spacial score (nSPS) is 30.6. The summed E-state index contributed by atoms with van der Waals surface area (Å²) >= 11 is 0. The van der Waals surface area contributed by atoms with Crippen LogP contribution >= 0.6 is 0 Å². The first-order valence-electron chi connectivity index (χ1n) is 3.09. The van der Waals surface area contributed by atoms with E-state index in [2.05, 4.69) is 10.0 Å². The summed E-state index contributed by atoms with van der Waals surface area (Å²) in [6.07, 6.45) is 2.76. The van der Waals surface area contributed by atoms with E-state index in [4.69, 9.17) is 0 Å². The molecule has 0 radical (unpaired) electrons. The minimum atomic E-state index is -0.845. The summed E-state index contributed by atoms with van der Waals surface area (Å²) in [5.74, 6) is 0. The first-order chi connectivity index (χ1) is 4.29. The van der Waals surface area contributed by atoms with Crippen LogP contribution in [-0.4, -0.2) is 29.6 Å². The van der Waals surface area contributed by atoms with Gasteiger partial charge in [-0.3, -0.25) is 0 Å². The fraction of sp³-hybridized carbons (Fsp3) is 1.00. The summed E-state index contributed by atoms with van der Waals surface area (Å²) < 4.78 is 13.5. The van der Waals surface area contributed by atoms with Crippen LogP contribution in [0.4, 0.5) is 0 Å². The molecule has 0 amide bonds. The van der Waals surface area contributed by atoms with Gasteiger partial charge in [-0.25, -0.2) is 8.93 Å². The largest absolute Gasteiger partial charge is 0.315 e. The summed E-state index contributed by atoms with van der Waals surface area (Å²) in [7, 11) is -0.845. The van der Waals surface area contributed by atoms with Gasteiger partial charge in [0.15, 0.2) is 0 Å². The van der Waals surface area contributed by atoms with Crippen molar-refractivity contribution in [1.29, 1.82) is 0 Å². The molecule has 0 bridgehead atoms. The molecule has 3 nitrogen and oxygen atoms in total. The lowest BCUT2D eigenvalue weighted by Crippen LogP contribution is -2.31. The predicted molar refractivity (Wildman–Crippen MR) is 38.5 cm³/mol. The van der Waals surface area contributed by atoms with Crippen molar-refractivity contribution in [3.8, 4) is 0 Å². The van der Waals surface area contributed by atoms with Gasteiger partial charge < -0.3 is 5.32 Å². The lowest BCUT2D eigenvalue weighted by molar-refractivity contribution is 0.639. The van der Waals surface area contributed by atoms with Crippen molar-refractivity contribution in [2.24, 2.45) is 0 Å². The zero-order valence-electron chi connectivity index (χ0n) is 5.52. The highest BCUT2D eigenvalue weighted by Gasteiger charge is 2.13. The molecular formula is C5H12N2OS. The Bertz CT molecular complexity index is 112. The molecule has 9 heavy (non-hydrogen) atoms. The monoisotopic (exact) mass is 148 g/mol. The minimum absolute atomic E-state index is 0.427. The number of rotatable bonds is 2. The van der Waals surface area contributed by atoms with Crippen LogP contribution in [0.2, 0.25) is 0 Å². The van der Waals surface area contributed by atoms with Crippen LogP contribution in [0.1, 0.15) is 6.42 Å². The predicted octanol–water partition coefficient (Wildman–Crippen LogP) is -0.769. The summed E-state index contributed by atoms with van der Waals surface area (Å²) in [5.41, 5.74) is 0. The molecule has 2 atom stereocenters. The average Bonchev–Trinajstić information content (AvgIpc) is 2.15. The summed E-state index contributed by atoms with van der Waals surface area (Å²) in [6, 6.07) is 0.427. The van der Waals surface area contributed by atoms with Gasteiger partial charge in [0.05, 0.1) is 11.0 Å². The number of nitrogens with one attached hydrogen (secondary N) is 2. The van der Waals surface area contributed by atoms with Gasteiger partial charge >= 0.3 is 0 Å². The zero-order valence-corrected chi connectivity index (χ0v) is 6.33. The first kappa shape index (κ1) is 7.18. The fourth-order valence-electron chi connectivity index (χ4n) is 0.990. The standard InChI is InChI=1S/C5H12N2OS/c1-9(8)7-5-2-3-6-4-5/h5-7H,2-4H2,1H3. The summed E-state index contributed by atoms with van der Waals surface area (Å²) in [6.45, 7) is 2.01. The van der Waals surface area contributed by atoms with Crippen molar-refractivity contribution in [2.45, 2.75) is 12.5 Å². The molecule has 0 aromatic carbocycles. The van der Waals surface area contributed by atoms with Gasteiger partial charge in [-0.15, -0.1) is 0 Å². The second-order valence-corrected chi connectivity index (χ2v) is 3.41. The molecule has 1 heterocycles. The first-order valence-corrected chi connectivity index (χ1v) is 4.65. The van der Waals surface area contributed by atoms with Crippen LogP contribution in [0.3, 0.4) is 0 Å². The summed E-state index contributed by atoms with van der Waals surface area (Å²) in [4.78, 5) is 0. The lowest BCUT2D eigenvalue weighted by atomic mass is 10.3. The Labute approximate surface area is 57.8 Å². The SMILES string of the molecule is CS(=O)NC1CCNC1. The van der Waals surface area contributed by atoms with Gasteiger partial charge in [0, 0.05) is 18.8 Å². The van der Waals surface area contributed by atoms with E-state index in [-0.39, 0.29) is 0 Å². The van der Waals surface area contributed by atoms with E-state index in [1.54, 1.807) is 6.26 Å². The van der Waals surface area contributed by atoms with Gasteiger partial charge in [-0.2, -0.15) is 0 Å². The van der Waals surface area contributed by atoms with E-state index in [1.807, 2.05) is 0 Å². The lowest BCUT2D eigenvalue weighted by Gasteiger charge is -2.05. The van der Waals surface area contributed by atoms with E-state index < -0.39 is 11.0 Å². The van der Waals surface area contributed by atoms with Gasteiger partial charge in [0.25, 0.3) is 0 Å². The second kappa shape index (κ2) is 3.29. The molecule has 0 aromatic rings. The van der Waals surface area contributed by atoms with Crippen LogP contribution in [0.5, 0.6) is 0 Å². The summed E-state index contributed by atoms with van der Waals surface area (Å²) in [5, 5.41) is 3.18. The highest BCUT2D eigenvalue weighted by molar-refractivity contribution is 7.82. The third-order valence-corrected chi connectivity index (χ3v) is 2.06. The Morgan fingerprint density at radius 3 is 3.00 bits per heavy atom. The van der Waals surface area contributed by atoms with Crippen LogP contribution in [0, 0.1) is 0 Å². The fourth-order valence-corrected chi connectivity index (χ4v) is 1.66. The highest BCUT2D eigenvalue weighted by atomic mass is 32.2. The molecule has 0 saturated carbocycles. The molecule has 4 heteroatoms. The average molecular weight is 148 g/mol. The van der Waals surface area contributed by atoms with E-state index >= 15 is 0 Å². The molecule has 54 valence electrons. The maximum atomic E-state index is 10.6. The van der Waals surface area contributed by atoms with E-state index in [9.17, 15) is 4.21 Å². The van der Waals surface area contributed by atoms with E-state index in [0.29, 0.717) is 6.04 Å². The Morgan fingerprint density at radius 2 is 2.56 bits per heavy atom. The Morgan fingerprint density at radius 1 is 1.78 bits per heavy atom. The molecule has 0 aromatic heterocycles. The van der Waals surface area contributed by atoms with Gasteiger partial charge in [0.1, 0.15) is 0 Å². The van der Waals surface area contributed by atoms with Crippen LogP contribution in [-0.2, 0) is 11.0 Å². The molecule has 1 aliphatic heterocycles. The molecule has 1 aliphatic rings. The van der Waals surface area contributed by atoms with Gasteiger partial charge in [0.2, 0.25) is 0 Å². The zero-order chi connectivity index (χ0) is 6.69. The Kier molecular flexibility index (Phi) is 2.63. The van der Waals surface area contributed by atoms with Crippen molar-refractivity contribution in [3.63, 3.8) is 0 Å². The number of hydrogen-bond acceptors (Lipinski definition) is 2. The molecule has 2 N–H and O–H groups in total. The maximum Gasteiger partial charge on any atom is 0.0886 e.